The minimum absolute atomic E-state index is 0.260. The van der Waals surface area contributed by atoms with Gasteiger partial charge in [-0.15, -0.1) is 0 Å². The Bertz CT molecular complexity index is 470. The highest BCUT2D eigenvalue weighted by Gasteiger charge is 2.40. The lowest BCUT2D eigenvalue weighted by atomic mass is 9.73. The second-order valence-corrected chi connectivity index (χ2v) is 7.09. The molecule has 1 heterocycles. The van der Waals surface area contributed by atoms with E-state index in [0.717, 1.165) is 19.0 Å². The Morgan fingerprint density at radius 1 is 1.24 bits per heavy atom. The summed E-state index contributed by atoms with van der Waals surface area (Å²) in [7, 11) is 0. The Morgan fingerprint density at radius 3 is 2.81 bits per heavy atom. The molecule has 0 radical (unpaired) electrons. The summed E-state index contributed by atoms with van der Waals surface area (Å²) in [5.74, 6) is 0.876. The van der Waals surface area contributed by atoms with E-state index in [0.29, 0.717) is 0 Å². The molecule has 1 fully saturated rings. The lowest BCUT2D eigenvalue weighted by Gasteiger charge is -2.48. The van der Waals surface area contributed by atoms with Crippen LogP contribution in [0, 0.1) is 5.92 Å². The fraction of sp³-hybridized carbons (Fsp3) is 0.684. The number of benzene rings is 1. The molecule has 0 amide bonds. The molecule has 0 spiro atoms. The monoisotopic (exact) mass is 286 g/mol. The van der Waals surface area contributed by atoms with Crippen molar-refractivity contribution in [3.63, 3.8) is 0 Å². The van der Waals surface area contributed by atoms with Crippen molar-refractivity contribution >= 4 is 0 Å². The lowest BCUT2D eigenvalue weighted by molar-refractivity contribution is 0.0292. The van der Waals surface area contributed by atoms with Crippen molar-refractivity contribution in [3.05, 3.63) is 35.4 Å². The molecule has 21 heavy (non-hydrogen) atoms. The van der Waals surface area contributed by atoms with Gasteiger partial charge in [0.15, 0.2) is 0 Å². The molecule has 1 aromatic rings. The van der Waals surface area contributed by atoms with Gasteiger partial charge in [-0.2, -0.15) is 0 Å². The van der Waals surface area contributed by atoms with Gasteiger partial charge >= 0.3 is 0 Å². The predicted molar refractivity (Wildman–Crippen MR) is 89.2 cm³/mol. The highest BCUT2D eigenvalue weighted by atomic mass is 15.2. The molecule has 0 bridgehead atoms. The van der Waals surface area contributed by atoms with Crippen LogP contribution in [0.15, 0.2) is 24.3 Å². The smallest absolute Gasteiger partial charge is 0.0337 e. The van der Waals surface area contributed by atoms with E-state index in [1.165, 1.54) is 57.1 Å². The van der Waals surface area contributed by atoms with E-state index in [4.69, 9.17) is 5.73 Å². The minimum Gasteiger partial charge on any atom is -0.329 e. The third kappa shape index (κ3) is 3.02. The number of fused-ring (bicyclic) bond motifs is 1. The SMILES string of the molecule is CCC1CCCC(CN)(N2CCCc3ccccc3C2)C1. The van der Waals surface area contributed by atoms with Gasteiger partial charge in [-0.05, 0) is 49.3 Å². The van der Waals surface area contributed by atoms with Crippen LogP contribution in [0.2, 0.25) is 0 Å². The van der Waals surface area contributed by atoms with Crippen LogP contribution in [0.5, 0.6) is 0 Å². The van der Waals surface area contributed by atoms with Gasteiger partial charge in [-0.1, -0.05) is 50.5 Å². The molecular formula is C19H30N2. The molecule has 2 heteroatoms. The van der Waals surface area contributed by atoms with Crippen molar-refractivity contribution in [2.24, 2.45) is 11.7 Å². The van der Waals surface area contributed by atoms with Gasteiger partial charge in [0.1, 0.15) is 0 Å². The van der Waals surface area contributed by atoms with Crippen LogP contribution in [-0.2, 0) is 13.0 Å². The number of aryl methyl sites for hydroxylation is 1. The van der Waals surface area contributed by atoms with E-state index in [9.17, 15) is 0 Å². The van der Waals surface area contributed by atoms with E-state index in [1.54, 1.807) is 5.56 Å². The number of hydrogen-bond donors (Lipinski definition) is 1. The third-order valence-corrected chi connectivity index (χ3v) is 5.91. The molecule has 1 saturated carbocycles. The first-order chi connectivity index (χ1) is 10.3. The summed E-state index contributed by atoms with van der Waals surface area (Å²) < 4.78 is 0. The molecule has 2 atom stereocenters. The van der Waals surface area contributed by atoms with Crippen LogP contribution in [0.1, 0.15) is 56.6 Å². The minimum atomic E-state index is 0.260. The van der Waals surface area contributed by atoms with Gasteiger partial charge in [0, 0.05) is 18.6 Å². The first-order valence-corrected chi connectivity index (χ1v) is 8.79. The molecule has 116 valence electrons. The highest BCUT2D eigenvalue weighted by molar-refractivity contribution is 5.28. The average Bonchev–Trinajstić information content (AvgIpc) is 2.77. The molecule has 0 saturated heterocycles. The quantitative estimate of drug-likeness (QED) is 0.917. The van der Waals surface area contributed by atoms with Crippen molar-refractivity contribution in [2.45, 2.75) is 64.0 Å². The Morgan fingerprint density at radius 2 is 2.05 bits per heavy atom. The van der Waals surface area contributed by atoms with Gasteiger partial charge in [0.2, 0.25) is 0 Å². The van der Waals surface area contributed by atoms with Gasteiger partial charge in [-0.25, -0.2) is 0 Å². The normalized spacial score (nSPS) is 30.7. The van der Waals surface area contributed by atoms with E-state index < -0.39 is 0 Å². The van der Waals surface area contributed by atoms with E-state index >= 15 is 0 Å². The zero-order valence-electron chi connectivity index (χ0n) is 13.5. The summed E-state index contributed by atoms with van der Waals surface area (Å²) in [5.41, 5.74) is 9.66. The second kappa shape index (κ2) is 6.50. The topological polar surface area (TPSA) is 29.3 Å². The van der Waals surface area contributed by atoms with Crippen molar-refractivity contribution in [1.29, 1.82) is 0 Å². The average molecular weight is 286 g/mol. The zero-order chi connectivity index (χ0) is 14.7. The fourth-order valence-corrected chi connectivity index (χ4v) is 4.52. The molecule has 0 aromatic heterocycles. The van der Waals surface area contributed by atoms with Crippen LogP contribution < -0.4 is 5.73 Å². The number of nitrogens with zero attached hydrogens (tertiary/aromatic N) is 1. The predicted octanol–water partition coefficient (Wildman–Crippen LogP) is 3.73. The van der Waals surface area contributed by atoms with Crippen molar-refractivity contribution < 1.29 is 0 Å². The van der Waals surface area contributed by atoms with E-state index in [-0.39, 0.29) is 5.54 Å². The molecular weight excluding hydrogens is 256 g/mol. The van der Waals surface area contributed by atoms with Crippen molar-refractivity contribution in [1.82, 2.24) is 4.90 Å². The molecule has 2 N–H and O–H groups in total. The summed E-state index contributed by atoms with van der Waals surface area (Å²) in [6.07, 6.45) is 9.17. The summed E-state index contributed by atoms with van der Waals surface area (Å²) >= 11 is 0. The second-order valence-electron chi connectivity index (χ2n) is 7.09. The Labute approximate surface area is 129 Å². The Kier molecular flexibility index (Phi) is 4.66. The standard InChI is InChI=1S/C19H30N2/c1-2-16-7-5-11-19(13-16,15-20)21-12-6-10-17-8-3-4-9-18(17)14-21/h3-4,8-9,16H,2,5-7,10-15,20H2,1H3. The molecule has 2 unspecified atom stereocenters. The van der Waals surface area contributed by atoms with Crippen LogP contribution in [0.3, 0.4) is 0 Å². The van der Waals surface area contributed by atoms with Crippen LogP contribution in [-0.4, -0.2) is 23.5 Å². The van der Waals surface area contributed by atoms with Gasteiger partial charge in [0.25, 0.3) is 0 Å². The number of rotatable bonds is 3. The Balaban J connectivity index is 1.84. The fourth-order valence-electron chi connectivity index (χ4n) is 4.52. The molecule has 2 nitrogen and oxygen atoms in total. The summed E-state index contributed by atoms with van der Waals surface area (Å²) in [4.78, 5) is 2.74. The molecule has 2 aliphatic rings. The van der Waals surface area contributed by atoms with Crippen LogP contribution in [0.25, 0.3) is 0 Å². The first kappa shape index (κ1) is 15.1. The van der Waals surface area contributed by atoms with Crippen LogP contribution >= 0.6 is 0 Å². The molecule has 1 aliphatic carbocycles. The van der Waals surface area contributed by atoms with Gasteiger partial charge in [-0.3, -0.25) is 4.90 Å². The van der Waals surface area contributed by atoms with Crippen LogP contribution in [0.4, 0.5) is 0 Å². The summed E-state index contributed by atoms with van der Waals surface area (Å²) in [5, 5.41) is 0. The maximum absolute atomic E-state index is 6.32. The van der Waals surface area contributed by atoms with E-state index in [1.807, 2.05) is 0 Å². The zero-order valence-corrected chi connectivity index (χ0v) is 13.5. The lowest BCUT2D eigenvalue weighted by Crippen LogP contribution is -2.56. The van der Waals surface area contributed by atoms with E-state index in [2.05, 4.69) is 36.1 Å². The maximum atomic E-state index is 6.32. The Hall–Kier alpha value is -0.860. The summed E-state index contributed by atoms with van der Waals surface area (Å²) in [6, 6.07) is 9.00. The largest absolute Gasteiger partial charge is 0.329 e. The number of nitrogens with two attached hydrogens (primary N) is 1. The van der Waals surface area contributed by atoms with Gasteiger partial charge in [0.05, 0.1) is 0 Å². The molecule has 1 aromatic carbocycles. The number of hydrogen-bond acceptors (Lipinski definition) is 2. The van der Waals surface area contributed by atoms with Crippen molar-refractivity contribution in [3.8, 4) is 0 Å². The van der Waals surface area contributed by atoms with Crippen molar-refractivity contribution in [2.75, 3.05) is 13.1 Å². The molecule has 3 rings (SSSR count). The maximum Gasteiger partial charge on any atom is 0.0337 e. The summed E-state index contributed by atoms with van der Waals surface area (Å²) in [6.45, 7) is 5.48. The molecule has 1 aliphatic heterocycles. The first-order valence-electron chi connectivity index (χ1n) is 8.79. The van der Waals surface area contributed by atoms with Gasteiger partial charge < -0.3 is 5.73 Å². The third-order valence-electron chi connectivity index (χ3n) is 5.91. The highest BCUT2D eigenvalue weighted by Crippen LogP contribution is 2.39.